The highest BCUT2D eigenvalue weighted by molar-refractivity contribution is 5.80. The molecule has 488 valence electrons. The van der Waals surface area contributed by atoms with Gasteiger partial charge in [-0.05, 0) is 97.7 Å². The molecule has 4 saturated carbocycles. The molecule has 9 fully saturated rings. The van der Waals surface area contributed by atoms with Gasteiger partial charge in [0.25, 0.3) is 0 Å². The van der Waals surface area contributed by atoms with Gasteiger partial charge < -0.3 is 134 Å². The first-order chi connectivity index (χ1) is 39.9. The van der Waals surface area contributed by atoms with E-state index in [0.717, 1.165) is 5.57 Å². The Hall–Kier alpha value is -1.83. The predicted molar refractivity (Wildman–Crippen MR) is 282 cm³/mol. The van der Waals surface area contributed by atoms with E-state index in [0.29, 0.717) is 32.1 Å². The van der Waals surface area contributed by atoms with Crippen molar-refractivity contribution >= 4 is 5.97 Å². The van der Waals surface area contributed by atoms with Crippen molar-refractivity contribution in [2.24, 2.45) is 50.2 Å². The van der Waals surface area contributed by atoms with Gasteiger partial charge in [0.05, 0.1) is 70.7 Å². The van der Waals surface area contributed by atoms with Gasteiger partial charge in [0, 0.05) is 5.41 Å². The van der Waals surface area contributed by atoms with E-state index >= 15 is 4.79 Å². The predicted octanol–water partition coefficient (Wildman–Crippen LogP) is -5.38. The minimum Gasteiger partial charge on any atom is -0.432 e. The quantitative estimate of drug-likeness (QED) is 0.0439. The number of aliphatic hydroxyl groups excluding tert-OH is 16. The lowest BCUT2D eigenvalue weighted by Crippen LogP contribution is -2.71. The Labute approximate surface area is 491 Å². The molecular weight excluding hydrogens is 1130 g/mol. The van der Waals surface area contributed by atoms with E-state index in [2.05, 4.69) is 33.8 Å². The SMILES string of the molecule is C[C@@H]1O[C@@H](O[C@H]2[C@H](OC(=O)[C@]34CCC(C)(C)CC3C3=CCC5[C@@]6(C)C[C@H](O)[C@H](O[C@@H]7O[C@H](CO)[C@@H](O)[C@H](O)[C@H]7O)C(CO)(CO)[C@@H]6CC[C@@]5(C)[C@]3(C)C[C@H]4O)OC[C@H](O)[C@@H]2O)[C@H](O)[C@H](O)[C@H]1O[C@@H]1OC[C@@H](O)[C@H](O[C@@H]2OC[C@](O)(CO)[C@H]2O)[C@H]1O. The van der Waals surface area contributed by atoms with E-state index in [-0.39, 0.29) is 30.6 Å². The van der Waals surface area contributed by atoms with E-state index in [1.165, 1.54) is 6.92 Å². The lowest BCUT2D eigenvalue weighted by molar-refractivity contribution is -0.372. The van der Waals surface area contributed by atoms with Gasteiger partial charge in [-0.2, -0.15) is 0 Å². The summed E-state index contributed by atoms with van der Waals surface area (Å²) in [4.78, 5) is 15.4. The van der Waals surface area contributed by atoms with Crippen LogP contribution < -0.4 is 0 Å². The number of allylic oxidation sites excluding steroid dienone is 2. The van der Waals surface area contributed by atoms with Crippen LogP contribution in [0.3, 0.4) is 0 Å². The molecule has 0 aromatic heterocycles. The van der Waals surface area contributed by atoms with E-state index in [1.807, 2.05) is 6.92 Å². The van der Waals surface area contributed by atoms with E-state index in [1.54, 1.807) is 0 Å². The number of esters is 1. The maximum Gasteiger partial charge on any atom is 0.317 e. The van der Waals surface area contributed by atoms with Crippen LogP contribution in [0.2, 0.25) is 0 Å². The third-order valence-corrected chi connectivity index (χ3v) is 22.6. The molecule has 17 N–H and O–H groups in total. The second-order valence-corrected chi connectivity index (χ2v) is 27.9. The van der Waals surface area contributed by atoms with E-state index in [9.17, 15) is 86.8 Å². The number of hydrogen-bond donors (Lipinski definition) is 17. The van der Waals surface area contributed by atoms with Crippen LogP contribution in [-0.4, -0.2) is 286 Å². The summed E-state index contributed by atoms with van der Waals surface area (Å²) in [6, 6.07) is 0. The van der Waals surface area contributed by atoms with Gasteiger partial charge in [-0.3, -0.25) is 4.79 Å². The normalized spacial score (nSPS) is 54.0. The minimum absolute atomic E-state index is 0.0767. The first-order valence-electron chi connectivity index (χ1n) is 29.9. The number of carbonyl (C=O) groups excluding carboxylic acids is 1. The van der Waals surface area contributed by atoms with Crippen molar-refractivity contribution in [2.45, 2.75) is 240 Å². The molecule has 0 amide bonds. The number of rotatable bonds is 14. The first kappa shape index (κ1) is 66.1. The number of fused-ring (bicyclic) bond motifs is 7. The van der Waals surface area contributed by atoms with Crippen LogP contribution >= 0.6 is 0 Å². The molecular formula is C57H92O28. The maximum atomic E-state index is 15.4. The summed E-state index contributed by atoms with van der Waals surface area (Å²) in [6.45, 7) is 7.41. The fourth-order valence-corrected chi connectivity index (χ4v) is 17.4. The minimum atomic E-state index is -2.08. The van der Waals surface area contributed by atoms with Crippen molar-refractivity contribution in [3.05, 3.63) is 11.6 Å². The number of ether oxygens (including phenoxy) is 10. The Balaban J connectivity index is 0.864. The summed E-state index contributed by atoms with van der Waals surface area (Å²) in [7, 11) is 0. The number of aliphatic hydroxyl groups is 17. The van der Waals surface area contributed by atoms with Gasteiger partial charge in [0.15, 0.2) is 31.3 Å². The number of hydrogen-bond acceptors (Lipinski definition) is 28. The van der Waals surface area contributed by atoms with Gasteiger partial charge in [-0.1, -0.05) is 46.3 Å². The standard InChI is InChI=1S/C57H92O28/c1-23-40(81-45-39(72)41(28(64)18-76-45)82-49-43(73)56(75,21-61)22-78-49)36(69)38(71)46(79-23)83-42-33(66)27(63)17-77-48(42)85-50(74)57-12-11-51(2,3)13-25(57)24-7-8-30-52(4)14-26(62)44(84-47-37(70)35(68)34(67)29(16-58)80-47)55(19-59,20-60)31(52)9-10-53(30,5)54(24,6)15-32(57)65/h7,23,25-49,58-73,75H,8-22H2,1-6H3/t23-,25?,26-,27-,28+,29+,30?,31+,32+,33-,34+,35-,36-,37+,38+,39+,40-,41-,42+,43-,44-,45-,46-,47-,48-,49-,52+,53+,54+,56+,57+/m0/s1. The maximum absolute atomic E-state index is 15.4. The summed E-state index contributed by atoms with van der Waals surface area (Å²) in [5.41, 5.74) is -6.87. The monoisotopic (exact) mass is 1220 g/mol. The van der Waals surface area contributed by atoms with Gasteiger partial charge in [-0.25, -0.2) is 0 Å². The third kappa shape index (κ3) is 10.6. The highest BCUT2D eigenvalue weighted by Gasteiger charge is 2.74. The Morgan fingerprint density at radius 3 is 1.89 bits per heavy atom. The molecule has 28 heteroatoms. The highest BCUT2D eigenvalue weighted by atomic mass is 16.8. The summed E-state index contributed by atoms with van der Waals surface area (Å²) in [6.07, 6.45) is -32.8. The Morgan fingerprint density at radius 1 is 0.600 bits per heavy atom. The molecule has 0 bridgehead atoms. The van der Waals surface area contributed by atoms with Crippen molar-refractivity contribution in [1.29, 1.82) is 0 Å². The Bertz CT molecular complexity index is 2380. The average Bonchev–Trinajstić information content (AvgIpc) is 0.951. The molecule has 5 heterocycles. The zero-order valence-corrected chi connectivity index (χ0v) is 48.8. The van der Waals surface area contributed by atoms with Crippen LogP contribution in [0, 0.1) is 50.2 Å². The van der Waals surface area contributed by atoms with Crippen molar-refractivity contribution in [2.75, 3.05) is 46.2 Å². The summed E-state index contributed by atoms with van der Waals surface area (Å²) < 4.78 is 58.5. The molecule has 5 aliphatic heterocycles. The fraction of sp³-hybridized carbons (Fsp3) is 0.947. The van der Waals surface area contributed by atoms with Crippen molar-refractivity contribution < 1.29 is 139 Å². The summed E-state index contributed by atoms with van der Waals surface area (Å²) in [5, 5.41) is 188. The molecule has 5 aliphatic carbocycles. The Morgan fingerprint density at radius 2 is 1.24 bits per heavy atom. The van der Waals surface area contributed by atoms with E-state index in [4.69, 9.17) is 47.4 Å². The molecule has 0 radical (unpaired) electrons. The molecule has 0 aromatic rings. The topological polar surface area (TPSA) is 453 Å². The second kappa shape index (κ2) is 24.0. The average molecular weight is 1230 g/mol. The van der Waals surface area contributed by atoms with Crippen molar-refractivity contribution in [1.82, 2.24) is 0 Å². The molecule has 0 aromatic carbocycles. The Kier molecular flexibility index (Phi) is 18.7. The summed E-state index contributed by atoms with van der Waals surface area (Å²) in [5.74, 6) is -2.25. The third-order valence-electron chi connectivity index (χ3n) is 22.6. The molecule has 0 spiro atoms. The molecule has 5 saturated heterocycles. The highest BCUT2D eigenvalue weighted by Crippen LogP contribution is 2.76. The zero-order chi connectivity index (χ0) is 62.1. The lowest BCUT2D eigenvalue weighted by atomic mass is 9.33. The van der Waals surface area contributed by atoms with Crippen LogP contribution in [-0.2, 0) is 52.2 Å². The first-order valence-corrected chi connectivity index (χ1v) is 29.9. The van der Waals surface area contributed by atoms with Crippen molar-refractivity contribution in [3.8, 4) is 0 Å². The van der Waals surface area contributed by atoms with Crippen LogP contribution in [0.5, 0.6) is 0 Å². The van der Waals surface area contributed by atoms with Crippen LogP contribution in [0.4, 0.5) is 0 Å². The molecule has 28 nitrogen and oxygen atoms in total. The van der Waals surface area contributed by atoms with Gasteiger partial charge in [-0.15, -0.1) is 0 Å². The van der Waals surface area contributed by atoms with Gasteiger partial charge in [0.2, 0.25) is 6.29 Å². The smallest absolute Gasteiger partial charge is 0.317 e. The second-order valence-electron chi connectivity index (χ2n) is 27.9. The zero-order valence-electron chi connectivity index (χ0n) is 48.8. The molecule has 2 unspecified atom stereocenters. The summed E-state index contributed by atoms with van der Waals surface area (Å²) >= 11 is 0. The van der Waals surface area contributed by atoms with E-state index < -0.39 is 238 Å². The van der Waals surface area contributed by atoms with Crippen molar-refractivity contribution in [3.63, 3.8) is 0 Å². The molecule has 10 rings (SSSR count). The fourth-order valence-electron chi connectivity index (χ4n) is 17.4. The molecule has 31 atom stereocenters. The lowest BCUT2D eigenvalue weighted by Gasteiger charge is -2.72. The van der Waals surface area contributed by atoms with Crippen LogP contribution in [0.15, 0.2) is 11.6 Å². The molecule has 85 heavy (non-hydrogen) atoms. The van der Waals surface area contributed by atoms with Gasteiger partial charge in [0.1, 0.15) is 90.4 Å². The largest absolute Gasteiger partial charge is 0.432 e. The molecule has 10 aliphatic rings. The number of carbonyl (C=O) groups is 1. The van der Waals surface area contributed by atoms with Crippen LogP contribution in [0.1, 0.15) is 92.9 Å². The van der Waals surface area contributed by atoms with Gasteiger partial charge >= 0.3 is 5.97 Å². The van der Waals surface area contributed by atoms with Crippen LogP contribution in [0.25, 0.3) is 0 Å².